The standard InChI is InChI=1S/C10H20N2O2S/c1-7(2)4-8-5-12(10(13)15)6-9(11-3)14-8/h7-9,11H,4-6H2,1-3H3,(H,13,15). The second-order valence-electron chi connectivity index (χ2n) is 4.35. The average Bonchev–Trinajstić information content (AvgIpc) is 2.16. The van der Waals surface area contributed by atoms with Gasteiger partial charge in [0, 0.05) is 6.54 Å². The van der Waals surface area contributed by atoms with E-state index in [-0.39, 0.29) is 17.6 Å². The fourth-order valence-electron chi connectivity index (χ4n) is 1.81. The molecule has 0 radical (unpaired) electrons. The van der Waals surface area contributed by atoms with Crippen LogP contribution in [0.1, 0.15) is 20.3 Å². The van der Waals surface area contributed by atoms with Crippen molar-refractivity contribution in [1.82, 2.24) is 10.2 Å². The summed E-state index contributed by atoms with van der Waals surface area (Å²) in [6.45, 7) is 5.53. The molecule has 0 spiro atoms. The number of morpholine rings is 1. The number of carbonyl (C=O) groups is 1. The van der Waals surface area contributed by atoms with E-state index in [4.69, 9.17) is 4.74 Å². The van der Waals surface area contributed by atoms with Gasteiger partial charge in [-0.1, -0.05) is 26.5 Å². The SMILES string of the molecule is CNC1CN(C(=O)S)CC(CC(C)C)O1. The van der Waals surface area contributed by atoms with Gasteiger partial charge in [0.15, 0.2) is 0 Å². The van der Waals surface area contributed by atoms with Crippen LogP contribution in [-0.2, 0) is 4.74 Å². The Balaban J connectivity index is 2.54. The van der Waals surface area contributed by atoms with E-state index >= 15 is 0 Å². The van der Waals surface area contributed by atoms with E-state index in [1.807, 2.05) is 7.05 Å². The Labute approximate surface area is 96.8 Å². The summed E-state index contributed by atoms with van der Waals surface area (Å²) >= 11 is 3.86. The zero-order valence-corrected chi connectivity index (χ0v) is 10.5. The van der Waals surface area contributed by atoms with Crippen LogP contribution >= 0.6 is 12.6 Å². The number of carbonyl (C=O) groups excluding carboxylic acids is 1. The van der Waals surface area contributed by atoms with E-state index in [9.17, 15) is 4.79 Å². The molecule has 0 aromatic heterocycles. The quantitative estimate of drug-likeness (QED) is 0.721. The number of thiol groups is 1. The van der Waals surface area contributed by atoms with Crippen molar-refractivity contribution in [3.05, 3.63) is 0 Å². The Morgan fingerprint density at radius 2 is 2.27 bits per heavy atom. The molecule has 1 rings (SSSR count). The third-order valence-electron chi connectivity index (χ3n) is 2.49. The maximum Gasteiger partial charge on any atom is 0.278 e. The molecule has 1 aliphatic rings. The largest absolute Gasteiger partial charge is 0.356 e. The summed E-state index contributed by atoms with van der Waals surface area (Å²) in [6, 6.07) is 0. The van der Waals surface area contributed by atoms with Gasteiger partial charge in [0.05, 0.1) is 12.6 Å². The molecule has 0 saturated carbocycles. The lowest BCUT2D eigenvalue weighted by Crippen LogP contribution is -2.53. The molecule has 1 heterocycles. The highest BCUT2D eigenvalue weighted by Crippen LogP contribution is 2.17. The lowest BCUT2D eigenvalue weighted by Gasteiger charge is -2.37. The van der Waals surface area contributed by atoms with E-state index in [2.05, 4.69) is 31.8 Å². The number of likely N-dealkylation sites (N-methyl/N-ethyl adjacent to an activating group) is 1. The van der Waals surface area contributed by atoms with E-state index in [1.165, 1.54) is 0 Å². The van der Waals surface area contributed by atoms with Crippen LogP contribution in [-0.4, -0.2) is 42.6 Å². The molecule has 0 bridgehead atoms. The van der Waals surface area contributed by atoms with Crippen molar-refractivity contribution in [2.45, 2.75) is 32.6 Å². The van der Waals surface area contributed by atoms with Gasteiger partial charge < -0.3 is 9.64 Å². The van der Waals surface area contributed by atoms with Gasteiger partial charge in [0.25, 0.3) is 5.24 Å². The molecule has 1 saturated heterocycles. The first-order chi connectivity index (χ1) is 7.02. The molecule has 1 aliphatic heterocycles. The van der Waals surface area contributed by atoms with Gasteiger partial charge in [-0.05, 0) is 19.4 Å². The van der Waals surface area contributed by atoms with Gasteiger partial charge in [0.1, 0.15) is 6.23 Å². The lowest BCUT2D eigenvalue weighted by atomic mass is 10.0. The zero-order chi connectivity index (χ0) is 11.4. The number of hydrogen-bond acceptors (Lipinski definition) is 3. The van der Waals surface area contributed by atoms with Gasteiger partial charge in [-0.15, -0.1) is 0 Å². The van der Waals surface area contributed by atoms with Crippen molar-refractivity contribution in [3.63, 3.8) is 0 Å². The predicted octanol–water partition coefficient (Wildman–Crippen LogP) is 1.33. The number of hydrogen-bond donors (Lipinski definition) is 2. The Hall–Kier alpha value is -0.260. The highest BCUT2D eigenvalue weighted by molar-refractivity contribution is 7.96. The van der Waals surface area contributed by atoms with E-state index in [0.29, 0.717) is 19.0 Å². The summed E-state index contributed by atoms with van der Waals surface area (Å²) in [5, 5.41) is 2.87. The molecule has 0 aliphatic carbocycles. The normalized spacial score (nSPS) is 27.1. The molecular formula is C10H20N2O2S. The third-order valence-corrected chi connectivity index (χ3v) is 2.78. The molecule has 2 atom stereocenters. The van der Waals surface area contributed by atoms with E-state index < -0.39 is 0 Å². The summed E-state index contributed by atoms with van der Waals surface area (Å²) in [7, 11) is 1.84. The number of nitrogens with zero attached hydrogens (tertiary/aromatic N) is 1. The van der Waals surface area contributed by atoms with Crippen LogP contribution in [0.5, 0.6) is 0 Å². The minimum atomic E-state index is -0.174. The van der Waals surface area contributed by atoms with Crippen LogP contribution in [0.25, 0.3) is 0 Å². The van der Waals surface area contributed by atoms with Crippen molar-refractivity contribution in [1.29, 1.82) is 0 Å². The molecule has 2 unspecified atom stereocenters. The minimum Gasteiger partial charge on any atom is -0.356 e. The highest BCUT2D eigenvalue weighted by atomic mass is 32.1. The third kappa shape index (κ3) is 4.01. The van der Waals surface area contributed by atoms with Gasteiger partial charge in [-0.2, -0.15) is 0 Å². The van der Waals surface area contributed by atoms with Gasteiger partial charge in [0.2, 0.25) is 0 Å². The fraction of sp³-hybridized carbons (Fsp3) is 0.900. The molecule has 0 aromatic carbocycles. The van der Waals surface area contributed by atoms with Crippen LogP contribution in [0.2, 0.25) is 0 Å². The molecule has 5 heteroatoms. The topological polar surface area (TPSA) is 41.6 Å². The number of rotatable bonds is 3. The average molecular weight is 232 g/mol. The molecule has 15 heavy (non-hydrogen) atoms. The van der Waals surface area contributed by atoms with Crippen LogP contribution in [0.15, 0.2) is 0 Å². The maximum absolute atomic E-state index is 11.2. The molecular weight excluding hydrogens is 212 g/mol. The van der Waals surface area contributed by atoms with E-state index in [0.717, 1.165) is 6.42 Å². The van der Waals surface area contributed by atoms with Crippen molar-refractivity contribution in [2.75, 3.05) is 20.1 Å². The van der Waals surface area contributed by atoms with Crippen molar-refractivity contribution < 1.29 is 9.53 Å². The monoisotopic (exact) mass is 232 g/mol. The fourth-order valence-corrected chi connectivity index (χ4v) is 1.97. The first-order valence-corrected chi connectivity index (χ1v) is 5.78. The van der Waals surface area contributed by atoms with Gasteiger partial charge in [-0.3, -0.25) is 10.1 Å². The Morgan fingerprint density at radius 3 is 2.73 bits per heavy atom. The number of nitrogens with one attached hydrogen (secondary N) is 1. The molecule has 88 valence electrons. The molecule has 1 amide bonds. The summed E-state index contributed by atoms with van der Waals surface area (Å²) in [4.78, 5) is 12.9. The Kier molecular flexibility index (Phi) is 4.89. The molecule has 4 nitrogen and oxygen atoms in total. The smallest absolute Gasteiger partial charge is 0.278 e. The predicted molar refractivity (Wildman–Crippen MR) is 63.1 cm³/mol. The second kappa shape index (κ2) is 5.72. The Morgan fingerprint density at radius 1 is 1.60 bits per heavy atom. The van der Waals surface area contributed by atoms with Crippen LogP contribution in [0, 0.1) is 5.92 Å². The second-order valence-corrected chi connectivity index (χ2v) is 4.74. The Bertz CT molecular complexity index is 223. The summed E-state index contributed by atoms with van der Waals surface area (Å²) in [5.41, 5.74) is 0. The highest BCUT2D eigenvalue weighted by Gasteiger charge is 2.28. The molecule has 1 fully saturated rings. The van der Waals surface area contributed by atoms with Crippen molar-refractivity contribution in [3.8, 4) is 0 Å². The van der Waals surface area contributed by atoms with Gasteiger partial charge >= 0.3 is 0 Å². The van der Waals surface area contributed by atoms with Crippen molar-refractivity contribution in [2.24, 2.45) is 5.92 Å². The lowest BCUT2D eigenvalue weighted by molar-refractivity contribution is -0.0879. The number of amides is 1. The summed E-state index contributed by atoms with van der Waals surface area (Å²) in [6.07, 6.45) is 1.02. The first-order valence-electron chi connectivity index (χ1n) is 5.33. The van der Waals surface area contributed by atoms with Gasteiger partial charge in [-0.25, -0.2) is 0 Å². The van der Waals surface area contributed by atoms with Crippen molar-refractivity contribution >= 4 is 17.9 Å². The number of ether oxygens (including phenoxy) is 1. The van der Waals surface area contributed by atoms with Crippen LogP contribution < -0.4 is 5.32 Å². The minimum absolute atomic E-state index is 0.0707. The molecule has 0 aromatic rings. The van der Waals surface area contributed by atoms with Crippen LogP contribution in [0.4, 0.5) is 4.79 Å². The molecule has 1 N–H and O–H groups in total. The van der Waals surface area contributed by atoms with Crippen LogP contribution in [0.3, 0.4) is 0 Å². The zero-order valence-electron chi connectivity index (χ0n) is 9.56. The maximum atomic E-state index is 11.2. The first kappa shape index (κ1) is 12.8. The summed E-state index contributed by atoms with van der Waals surface area (Å²) in [5.74, 6) is 0.572. The van der Waals surface area contributed by atoms with E-state index in [1.54, 1.807) is 4.90 Å². The summed E-state index contributed by atoms with van der Waals surface area (Å²) < 4.78 is 5.79.